The first-order chi connectivity index (χ1) is 51.7. The molecule has 598 valence electrons. The van der Waals surface area contributed by atoms with Gasteiger partial charge in [0.05, 0.1) is 26.4 Å². The molecule has 0 rings (SSSR count). The van der Waals surface area contributed by atoms with Gasteiger partial charge in [0.2, 0.25) is 0 Å². The molecule has 0 bridgehead atoms. The molecule has 0 aliphatic rings. The summed E-state index contributed by atoms with van der Waals surface area (Å²) in [6.45, 7) is 4.29. The van der Waals surface area contributed by atoms with Gasteiger partial charge < -0.3 is 33.8 Å². The first kappa shape index (κ1) is 99.9. The van der Waals surface area contributed by atoms with Crippen LogP contribution >= 0.6 is 15.6 Å². The van der Waals surface area contributed by atoms with Gasteiger partial charge in [0.25, 0.3) is 0 Å². The zero-order chi connectivity index (χ0) is 77.4. The van der Waals surface area contributed by atoms with Crippen molar-refractivity contribution in [3.05, 3.63) is 194 Å². The van der Waals surface area contributed by atoms with Gasteiger partial charge in [-0.2, -0.15) is 0 Å². The van der Waals surface area contributed by atoms with Crippen molar-refractivity contribution < 1.29 is 80.2 Å². The number of carbonyl (C=O) groups excluding carboxylic acids is 4. The Labute approximate surface area is 640 Å². The summed E-state index contributed by atoms with van der Waals surface area (Å²) in [4.78, 5) is 73.0. The molecular weight excluding hydrogens is 1380 g/mol. The van der Waals surface area contributed by atoms with Crippen LogP contribution in [0.2, 0.25) is 0 Å². The molecule has 0 spiro atoms. The number of esters is 4. The third-order valence-corrected chi connectivity index (χ3v) is 17.4. The van der Waals surface area contributed by atoms with Gasteiger partial charge >= 0.3 is 39.5 Å². The van der Waals surface area contributed by atoms with E-state index in [9.17, 15) is 43.2 Å². The molecule has 0 fully saturated rings. The summed E-state index contributed by atoms with van der Waals surface area (Å²) < 4.78 is 68.5. The number of hydrogen-bond acceptors (Lipinski definition) is 15. The maximum atomic E-state index is 13.1. The summed E-state index contributed by atoms with van der Waals surface area (Å²) in [7, 11) is -10.0. The molecule has 0 saturated heterocycles. The van der Waals surface area contributed by atoms with Crippen molar-refractivity contribution in [2.75, 3.05) is 39.6 Å². The number of ether oxygens (including phenoxy) is 4. The van der Waals surface area contributed by atoms with Crippen LogP contribution in [-0.4, -0.2) is 96.7 Å². The Kier molecular flexibility index (Phi) is 72.6. The second-order valence-corrected chi connectivity index (χ2v) is 28.4. The van der Waals surface area contributed by atoms with Crippen molar-refractivity contribution in [1.82, 2.24) is 0 Å². The molecule has 0 radical (unpaired) electrons. The summed E-state index contributed by atoms with van der Waals surface area (Å²) >= 11 is 0. The van der Waals surface area contributed by atoms with Crippen LogP contribution in [0.15, 0.2) is 194 Å². The first-order valence-corrected chi connectivity index (χ1v) is 42.7. The second kappa shape index (κ2) is 77.1. The van der Waals surface area contributed by atoms with Crippen LogP contribution < -0.4 is 0 Å². The summed E-state index contributed by atoms with van der Waals surface area (Å²) in [5.41, 5.74) is 0. The summed E-state index contributed by atoms with van der Waals surface area (Å²) in [6.07, 6.45) is 94.2. The van der Waals surface area contributed by atoms with Crippen LogP contribution in [0.25, 0.3) is 0 Å². The van der Waals surface area contributed by atoms with Crippen LogP contribution in [0.4, 0.5) is 0 Å². The van der Waals surface area contributed by atoms with E-state index in [0.29, 0.717) is 32.1 Å². The van der Waals surface area contributed by atoms with Crippen LogP contribution in [0, 0.1) is 0 Å². The van der Waals surface area contributed by atoms with Crippen LogP contribution in [0.3, 0.4) is 0 Å². The Morgan fingerprint density at radius 1 is 0.274 bits per heavy atom. The SMILES string of the molecule is CC/C=C\C/C=C\C/C=C\C/C=C\C/C=C\CCCCCC(=O)OCC(COP(=O)(O)OCC(O)COP(=O)(O)OCC(COC(=O)CCCCCC/C=C\C/C=C\C/C=C\C/C=C\CC)OC(=O)CCCCCCC/C=C\C/C=C\CCC)OC(=O)CCC/C=C\C/C=C\C/C=C\C/C=C\C/C=C\CC. The quantitative estimate of drug-likeness (QED) is 0.0169. The van der Waals surface area contributed by atoms with E-state index in [0.717, 1.165) is 186 Å². The maximum Gasteiger partial charge on any atom is 0.472 e. The van der Waals surface area contributed by atoms with Crippen molar-refractivity contribution in [2.45, 2.75) is 290 Å². The number of rotatable bonds is 72. The third kappa shape index (κ3) is 76.1. The molecule has 0 amide bonds. The Bertz CT molecular complexity index is 2780. The van der Waals surface area contributed by atoms with E-state index < -0.39 is 97.5 Å². The summed E-state index contributed by atoms with van der Waals surface area (Å²) in [5, 5.41) is 10.6. The van der Waals surface area contributed by atoms with E-state index in [1.165, 1.54) is 0 Å². The van der Waals surface area contributed by atoms with E-state index in [1.807, 2.05) is 12.2 Å². The maximum absolute atomic E-state index is 13.1. The average molecular weight is 1520 g/mol. The fraction of sp³-hybridized carbons (Fsp3) is 0.586. The minimum atomic E-state index is -5.01. The third-order valence-electron chi connectivity index (χ3n) is 15.5. The largest absolute Gasteiger partial charge is 0.472 e. The lowest BCUT2D eigenvalue weighted by molar-refractivity contribution is -0.161. The fourth-order valence-corrected chi connectivity index (χ4v) is 11.2. The second-order valence-electron chi connectivity index (χ2n) is 25.5. The lowest BCUT2D eigenvalue weighted by atomic mass is 10.1. The van der Waals surface area contributed by atoms with Gasteiger partial charge in [-0.25, -0.2) is 9.13 Å². The van der Waals surface area contributed by atoms with Crippen molar-refractivity contribution in [1.29, 1.82) is 0 Å². The molecule has 0 aliphatic heterocycles. The highest BCUT2D eigenvalue weighted by Crippen LogP contribution is 2.45. The van der Waals surface area contributed by atoms with Crippen LogP contribution in [0.1, 0.15) is 272 Å². The van der Waals surface area contributed by atoms with E-state index in [2.05, 4.69) is 210 Å². The van der Waals surface area contributed by atoms with Crippen LogP contribution in [-0.2, 0) is 65.4 Å². The van der Waals surface area contributed by atoms with E-state index in [1.54, 1.807) is 0 Å². The molecule has 0 aromatic carbocycles. The smallest absolute Gasteiger partial charge is 0.462 e. The fourth-order valence-electron chi connectivity index (χ4n) is 9.60. The lowest BCUT2D eigenvalue weighted by Crippen LogP contribution is -2.30. The molecule has 0 aromatic rings. The zero-order valence-electron chi connectivity index (χ0n) is 65.3. The van der Waals surface area contributed by atoms with E-state index >= 15 is 0 Å². The average Bonchev–Trinajstić information content (AvgIpc) is 0.907. The number of unbranched alkanes of at least 4 members (excludes halogenated alkanes) is 14. The number of carbonyl (C=O) groups is 4. The van der Waals surface area contributed by atoms with Gasteiger partial charge in [0.1, 0.15) is 19.3 Å². The molecule has 19 heteroatoms. The summed E-state index contributed by atoms with van der Waals surface area (Å²) in [6, 6.07) is 0. The monoisotopic (exact) mass is 1520 g/mol. The van der Waals surface area contributed by atoms with Gasteiger partial charge in [0, 0.05) is 25.7 Å². The Morgan fingerprint density at radius 3 is 0.802 bits per heavy atom. The van der Waals surface area contributed by atoms with Crippen LogP contribution in [0.5, 0.6) is 0 Å². The molecule has 17 nitrogen and oxygen atoms in total. The Balaban J connectivity index is 5.50. The van der Waals surface area contributed by atoms with Gasteiger partial charge in [-0.15, -0.1) is 0 Å². The minimum Gasteiger partial charge on any atom is -0.462 e. The highest BCUT2D eigenvalue weighted by molar-refractivity contribution is 7.47. The van der Waals surface area contributed by atoms with Crippen molar-refractivity contribution in [3.8, 4) is 0 Å². The molecule has 0 heterocycles. The molecule has 5 unspecified atom stereocenters. The minimum absolute atomic E-state index is 0.0000494. The number of phosphoric ester groups is 2. The highest BCUT2D eigenvalue weighted by Gasteiger charge is 2.30. The lowest BCUT2D eigenvalue weighted by Gasteiger charge is -2.21. The Hall–Kier alpha value is -6.10. The Morgan fingerprint density at radius 2 is 0.500 bits per heavy atom. The zero-order valence-corrected chi connectivity index (χ0v) is 67.1. The van der Waals surface area contributed by atoms with Gasteiger partial charge in [-0.05, 0) is 173 Å². The van der Waals surface area contributed by atoms with Crippen molar-refractivity contribution >= 4 is 39.5 Å². The van der Waals surface area contributed by atoms with Crippen molar-refractivity contribution in [2.24, 2.45) is 0 Å². The number of aliphatic hydroxyl groups is 1. The number of hydrogen-bond donors (Lipinski definition) is 3. The predicted octanol–water partition coefficient (Wildman–Crippen LogP) is 23.3. The molecule has 0 aliphatic carbocycles. The summed E-state index contributed by atoms with van der Waals surface area (Å²) in [5.74, 6) is -2.34. The number of aliphatic hydroxyl groups excluding tert-OH is 1. The molecule has 106 heavy (non-hydrogen) atoms. The number of allylic oxidation sites excluding steroid dienone is 32. The van der Waals surface area contributed by atoms with E-state index in [4.69, 9.17) is 37.0 Å². The molecular formula is C87H138O17P2. The van der Waals surface area contributed by atoms with Gasteiger partial charge in [-0.3, -0.25) is 37.3 Å². The highest BCUT2D eigenvalue weighted by atomic mass is 31.2. The number of phosphoric acid groups is 2. The predicted molar refractivity (Wildman–Crippen MR) is 436 cm³/mol. The first-order valence-electron chi connectivity index (χ1n) is 39.7. The normalized spacial score (nSPS) is 14.9. The topological polar surface area (TPSA) is 237 Å². The van der Waals surface area contributed by atoms with Gasteiger partial charge in [0.15, 0.2) is 12.2 Å². The van der Waals surface area contributed by atoms with Crippen molar-refractivity contribution in [3.63, 3.8) is 0 Å². The molecule has 0 saturated carbocycles. The molecule has 3 N–H and O–H groups in total. The molecule has 5 atom stereocenters. The van der Waals surface area contributed by atoms with Gasteiger partial charge in [-0.1, -0.05) is 267 Å². The van der Waals surface area contributed by atoms with E-state index in [-0.39, 0.29) is 25.7 Å². The standard InChI is InChI=1S/C87H138O17P2/c1-5-9-13-17-21-25-29-33-36-39-40-43-45-49-52-56-60-64-68-72-85(90)98-78-83(104-87(92)74-70-66-62-58-54-50-46-42-38-35-31-27-23-19-15-11-7-3)80-102-106(95,96)100-76-81(88)75-99-105(93,94)101-79-82(103-86(91)73-69-65-61-57-53-47-32-28-24-20-16-12-8-4)77-97-84(89)71-67-63-59-55-51-48-44-41-37-34-30-26-22-18-14-10-6-2/h9-11,13-16,20-23,25-28,32-38,40,43-44,46,48-50,52,58,62,81-83,88H,5-8,12,17-19,24,29-31,39,41-42,45,47,51,53-57,59-61,63-80H2,1-4H3,(H,93,94)(H,95,96)/b13-9-,14-10-,15-11-,20-16-,25-21-,26-22-,27-23-,32-28-,36-33-,37-34-,38-35-,43-40-,48-44-,50-46-,52-49-,62-58-. The molecule has 0 aromatic heterocycles.